The molecule has 1 aromatic carbocycles. The number of piperidine rings is 1. The molecule has 156 valence electrons. The zero-order valence-electron chi connectivity index (χ0n) is 17.2. The summed E-state index contributed by atoms with van der Waals surface area (Å²) in [6.45, 7) is 2.05. The van der Waals surface area contributed by atoms with Gasteiger partial charge in [-0.25, -0.2) is 0 Å². The van der Waals surface area contributed by atoms with E-state index in [4.69, 9.17) is 0 Å². The number of hydrogen-bond acceptors (Lipinski definition) is 8. The quantitative estimate of drug-likeness (QED) is 0.654. The van der Waals surface area contributed by atoms with E-state index in [-0.39, 0.29) is 18.1 Å². The number of nitrogens with zero attached hydrogens (tertiary/aromatic N) is 8. The van der Waals surface area contributed by atoms with Crippen molar-refractivity contribution in [2.75, 3.05) is 37.0 Å². The number of amides is 1. The third-order valence-electron chi connectivity index (χ3n) is 4.82. The molecule has 1 saturated heterocycles. The molecule has 1 aliphatic rings. The van der Waals surface area contributed by atoms with E-state index in [1.807, 2.05) is 49.3 Å². The van der Waals surface area contributed by atoms with Crippen LogP contribution in [0.25, 0.3) is 5.69 Å². The average Bonchev–Trinajstić information content (AvgIpc) is 3.29. The fourth-order valence-electron chi connectivity index (χ4n) is 3.21. The largest absolute Gasteiger partial charge is 0.347 e. The molecule has 30 heavy (non-hydrogen) atoms. The van der Waals surface area contributed by atoms with Crippen LogP contribution in [0.4, 0.5) is 11.9 Å². The maximum Gasteiger partial charge on any atom is 0.273 e. The van der Waals surface area contributed by atoms with Crippen LogP contribution in [-0.4, -0.2) is 63.0 Å². The number of anilines is 2. The standard InChI is InChI=1S/C20H25N9O/c1-27(2)19-23-17(24-20(25-19)28-11-7-4-8-12-28)14-21-18(30)16-13-22-29(26-16)15-9-5-3-6-10-15/h3,5-6,9-10,13H,4,7-8,11-12,14H2,1-2H3,(H,21,30). The fourth-order valence-corrected chi connectivity index (χ4v) is 3.21. The number of para-hydroxylation sites is 1. The maximum atomic E-state index is 12.5. The molecule has 1 amide bonds. The van der Waals surface area contributed by atoms with Crippen molar-refractivity contribution in [3.63, 3.8) is 0 Å². The van der Waals surface area contributed by atoms with Gasteiger partial charge in [-0.2, -0.15) is 24.8 Å². The number of benzene rings is 1. The topological polar surface area (TPSA) is 105 Å². The van der Waals surface area contributed by atoms with Crippen LogP contribution in [0.15, 0.2) is 36.5 Å². The van der Waals surface area contributed by atoms with E-state index in [0.717, 1.165) is 31.6 Å². The molecule has 1 fully saturated rings. The Kier molecular flexibility index (Phi) is 5.82. The molecule has 3 aromatic rings. The Morgan fingerprint density at radius 1 is 1.07 bits per heavy atom. The zero-order valence-corrected chi connectivity index (χ0v) is 17.2. The maximum absolute atomic E-state index is 12.5. The zero-order chi connectivity index (χ0) is 20.9. The van der Waals surface area contributed by atoms with Crippen molar-refractivity contribution >= 4 is 17.8 Å². The van der Waals surface area contributed by atoms with Gasteiger partial charge in [-0.15, -0.1) is 5.10 Å². The SMILES string of the molecule is CN(C)c1nc(CNC(=O)c2cnn(-c3ccccc3)n2)nc(N2CCCCC2)n1. The first-order valence-electron chi connectivity index (χ1n) is 10.0. The van der Waals surface area contributed by atoms with Crippen molar-refractivity contribution in [2.24, 2.45) is 0 Å². The van der Waals surface area contributed by atoms with Gasteiger partial charge in [0.15, 0.2) is 11.5 Å². The van der Waals surface area contributed by atoms with Crippen LogP contribution >= 0.6 is 0 Å². The van der Waals surface area contributed by atoms with E-state index < -0.39 is 0 Å². The third-order valence-corrected chi connectivity index (χ3v) is 4.82. The van der Waals surface area contributed by atoms with Gasteiger partial charge in [0, 0.05) is 27.2 Å². The second kappa shape index (κ2) is 8.85. The minimum Gasteiger partial charge on any atom is -0.347 e. The van der Waals surface area contributed by atoms with E-state index in [0.29, 0.717) is 17.7 Å². The van der Waals surface area contributed by atoms with Crippen LogP contribution in [0.2, 0.25) is 0 Å². The monoisotopic (exact) mass is 407 g/mol. The summed E-state index contributed by atoms with van der Waals surface area (Å²) in [4.78, 5) is 31.6. The lowest BCUT2D eigenvalue weighted by atomic mass is 10.1. The molecule has 0 saturated carbocycles. The van der Waals surface area contributed by atoms with Gasteiger partial charge < -0.3 is 15.1 Å². The average molecular weight is 407 g/mol. The minimum atomic E-state index is -0.330. The Morgan fingerprint density at radius 2 is 1.83 bits per heavy atom. The molecule has 10 heteroatoms. The van der Waals surface area contributed by atoms with Gasteiger partial charge in [-0.05, 0) is 31.4 Å². The lowest BCUT2D eigenvalue weighted by Gasteiger charge is -2.27. The van der Waals surface area contributed by atoms with Crippen LogP contribution in [-0.2, 0) is 6.54 Å². The van der Waals surface area contributed by atoms with E-state index >= 15 is 0 Å². The van der Waals surface area contributed by atoms with Gasteiger partial charge in [0.2, 0.25) is 11.9 Å². The fraction of sp³-hybridized carbons (Fsp3) is 0.400. The molecule has 0 bridgehead atoms. The minimum absolute atomic E-state index is 0.182. The normalized spacial score (nSPS) is 13.9. The molecule has 0 radical (unpaired) electrons. The lowest BCUT2D eigenvalue weighted by molar-refractivity contribution is 0.0944. The van der Waals surface area contributed by atoms with E-state index in [1.165, 1.54) is 17.4 Å². The van der Waals surface area contributed by atoms with E-state index in [1.54, 1.807) is 0 Å². The summed E-state index contributed by atoms with van der Waals surface area (Å²) < 4.78 is 0. The molecule has 1 N–H and O–H groups in total. The van der Waals surface area contributed by atoms with Gasteiger partial charge >= 0.3 is 0 Å². The summed E-state index contributed by atoms with van der Waals surface area (Å²) in [6.07, 6.45) is 4.94. The summed E-state index contributed by atoms with van der Waals surface area (Å²) in [7, 11) is 3.78. The van der Waals surface area contributed by atoms with Crippen molar-refractivity contribution in [1.82, 2.24) is 35.3 Å². The van der Waals surface area contributed by atoms with Gasteiger partial charge in [0.25, 0.3) is 5.91 Å². The predicted molar refractivity (Wildman–Crippen MR) is 113 cm³/mol. The number of nitrogens with one attached hydrogen (secondary N) is 1. The van der Waals surface area contributed by atoms with E-state index in [2.05, 4.69) is 35.4 Å². The van der Waals surface area contributed by atoms with Gasteiger partial charge in [0.05, 0.1) is 18.4 Å². The molecule has 0 spiro atoms. The Morgan fingerprint density at radius 3 is 2.57 bits per heavy atom. The smallest absolute Gasteiger partial charge is 0.273 e. The van der Waals surface area contributed by atoms with Crippen LogP contribution in [0.1, 0.15) is 35.6 Å². The van der Waals surface area contributed by atoms with Crippen LogP contribution < -0.4 is 15.1 Å². The number of aromatic nitrogens is 6. The summed E-state index contributed by atoms with van der Waals surface area (Å²) in [5.74, 6) is 1.42. The first kappa shape index (κ1) is 19.7. The first-order chi connectivity index (χ1) is 14.6. The number of carbonyl (C=O) groups excluding carboxylic acids is 1. The highest BCUT2D eigenvalue weighted by Gasteiger charge is 2.18. The summed E-state index contributed by atoms with van der Waals surface area (Å²) in [6, 6.07) is 9.44. The molecule has 0 unspecified atom stereocenters. The lowest BCUT2D eigenvalue weighted by Crippen LogP contribution is -2.33. The first-order valence-corrected chi connectivity index (χ1v) is 10.0. The Hall–Kier alpha value is -3.56. The predicted octanol–water partition coefficient (Wildman–Crippen LogP) is 1.44. The third kappa shape index (κ3) is 4.53. The van der Waals surface area contributed by atoms with Crippen molar-refractivity contribution < 1.29 is 4.79 Å². The summed E-state index contributed by atoms with van der Waals surface area (Å²) in [5.41, 5.74) is 1.02. The molecule has 0 atom stereocenters. The molecule has 1 aliphatic heterocycles. The Balaban J connectivity index is 1.47. The number of hydrogen-bond donors (Lipinski definition) is 1. The molecule has 0 aliphatic carbocycles. The van der Waals surface area contributed by atoms with Gasteiger partial charge in [-0.1, -0.05) is 18.2 Å². The van der Waals surface area contributed by atoms with Crippen LogP contribution in [0, 0.1) is 0 Å². The Labute approximate surface area is 175 Å². The second-order valence-electron chi connectivity index (χ2n) is 7.33. The summed E-state index contributed by atoms with van der Waals surface area (Å²) in [5, 5.41) is 11.3. The van der Waals surface area contributed by atoms with Crippen molar-refractivity contribution in [2.45, 2.75) is 25.8 Å². The van der Waals surface area contributed by atoms with Gasteiger partial charge in [0.1, 0.15) is 0 Å². The molecule has 2 aromatic heterocycles. The molecule has 10 nitrogen and oxygen atoms in total. The molecule has 3 heterocycles. The van der Waals surface area contributed by atoms with Crippen LogP contribution in [0.5, 0.6) is 0 Å². The molecular weight excluding hydrogens is 382 g/mol. The Bertz CT molecular complexity index is 997. The van der Waals surface area contributed by atoms with Crippen molar-refractivity contribution in [3.8, 4) is 5.69 Å². The van der Waals surface area contributed by atoms with Crippen molar-refractivity contribution in [1.29, 1.82) is 0 Å². The summed E-state index contributed by atoms with van der Waals surface area (Å²) >= 11 is 0. The second-order valence-corrected chi connectivity index (χ2v) is 7.33. The number of carbonyl (C=O) groups is 1. The molecule has 4 rings (SSSR count). The number of rotatable bonds is 6. The highest BCUT2D eigenvalue weighted by Crippen LogP contribution is 2.18. The highest BCUT2D eigenvalue weighted by atomic mass is 16.2. The highest BCUT2D eigenvalue weighted by molar-refractivity contribution is 5.91. The molecular formula is C20H25N9O. The van der Waals surface area contributed by atoms with Gasteiger partial charge in [-0.3, -0.25) is 4.79 Å². The van der Waals surface area contributed by atoms with Crippen LogP contribution in [0.3, 0.4) is 0 Å². The van der Waals surface area contributed by atoms with Crippen molar-refractivity contribution in [3.05, 3.63) is 48.0 Å². The van der Waals surface area contributed by atoms with E-state index in [9.17, 15) is 4.79 Å².